The Morgan fingerprint density at radius 2 is 2.17 bits per heavy atom. The summed E-state index contributed by atoms with van der Waals surface area (Å²) < 4.78 is 0. The van der Waals surface area contributed by atoms with Crippen molar-refractivity contribution in [2.24, 2.45) is 5.92 Å². The molecule has 2 rings (SSSR count). The van der Waals surface area contributed by atoms with Crippen LogP contribution in [0.3, 0.4) is 0 Å². The molecule has 1 fully saturated rings. The fraction of sp³-hybridized carbons (Fsp3) is 0.600. The molecule has 1 unspecified atom stereocenters. The number of nitrogens with one attached hydrogen (secondary N) is 1. The van der Waals surface area contributed by atoms with Crippen molar-refractivity contribution in [2.75, 3.05) is 25.0 Å². The topological polar surface area (TPSA) is 15.3 Å². The zero-order valence-electron chi connectivity index (χ0n) is 11.8. The molecular formula is C15H23ClN2. The molecule has 0 aliphatic carbocycles. The molecule has 1 atom stereocenters. The molecule has 1 aliphatic rings. The van der Waals surface area contributed by atoms with E-state index in [1.807, 2.05) is 14.0 Å². The van der Waals surface area contributed by atoms with Gasteiger partial charge in [0.1, 0.15) is 0 Å². The maximum atomic E-state index is 6.24. The summed E-state index contributed by atoms with van der Waals surface area (Å²) in [6, 6.07) is 6.39. The summed E-state index contributed by atoms with van der Waals surface area (Å²) in [7, 11) is 2.03. The molecule has 100 valence electrons. The monoisotopic (exact) mass is 266 g/mol. The van der Waals surface area contributed by atoms with E-state index in [1.165, 1.54) is 12.1 Å². The van der Waals surface area contributed by atoms with Crippen LogP contribution in [0.4, 0.5) is 5.69 Å². The largest absolute Gasteiger partial charge is 0.366 e. The molecule has 0 radical (unpaired) electrons. The van der Waals surface area contributed by atoms with Crippen molar-refractivity contribution in [3.8, 4) is 0 Å². The third-order valence-corrected chi connectivity index (χ3v) is 4.72. The third-order valence-electron chi connectivity index (χ3n) is 4.31. The van der Waals surface area contributed by atoms with Gasteiger partial charge in [-0.05, 0) is 64.4 Å². The lowest BCUT2D eigenvalue weighted by atomic mass is 9.88. The van der Waals surface area contributed by atoms with Gasteiger partial charge in [0.05, 0.1) is 0 Å². The number of hydrogen-bond acceptors (Lipinski definition) is 2. The molecule has 0 saturated carbocycles. The van der Waals surface area contributed by atoms with E-state index >= 15 is 0 Å². The number of aryl methyl sites for hydroxylation is 1. The average Bonchev–Trinajstić information content (AvgIpc) is 2.60. The molecule has 18 heavy (non-hydrogen) atoms. The molecule has 1 aromatic carbocycles. The van der Waals surface area contributed by atoms with Gasteiger partial charge in [-0.25, -0.2) is 0 Å². The minimum atomic E-state index is 0.182. The van der Waals surface area contributed by atoms with E-state index in [0.717, 1.165) is 23.7 Å². The van der Waals surface area contributed by atoms with Crippen LogP contribution in [-0.2, 0) is 0 Å². The minimum Gasteiger partial charge on any atom is -0.366 e. The van der Waals surface area contributed by atoms with Crippen LogP contribution in [0.15, 0.2) is 18.2 Å². The fourth-order valence-electron chi connectivity index (χ4n) is 2.96. The second-order valence-electron chi connectivity index (χ2n) is 5.78. The molecule has 0 amide bonds. The molecule has 3 heteroatoms. The van der Waals surface area contributed by atoms with E-state index in [-0.39, 0.29) is 5.54 Å². The normalized spacial score (nSPS) is 22.5. The Balaban J connectivity index is 2.26. The molecule has 0 bridgehead atoms. The van der Waals surface area contributed by atoms with Crippen molar-refractivity contribution in [2.45, 2.75) is 32.7 Å². The number of benzene rings is 1. The summed E-state index contributed by atoms with van der Waals surface area (Å²) in [4.78, 5) is 2.49. The molecule has 1 heterocycles. The van der Waals surface area contributed by atoms with Crippen LogP contribution in [0.5, 0.6) is 0 Å². The van der Waals surface area contributed by atoms with Crippen molar-refractivity contribution in [3.05, 3.63) is 28.8 Å². The SMILES string of the molecule is CNCC1CCN(c2ccc(C)c(Cl)c2)C1(C)C. The first-order chi connectivity index (χ1) is 8.46. The van der Waals surface area contributed by atoms with Crippen molar-refractivity contribution < 1.29 is 0 Å². The van der Waals surface area contributed by atoms with Crippen LogP contribution in [0, 0.1) is 12.8 Å². The van der Waals surface area contributed by atoms with Crippen molar-refractivity contribution in [1.29, 1.82) is 0 Å². The van der Waals surface area contributed by atoms with E-state index in [0.29, 0.717) is 5.92 Å². The number of anilines is 1. The highest BCUT2D eigenvalue weighted by Crippen LogP contribution is 2.38. The molecule has 1 saturated heterocycles. The lowest BCUT2D eigenvalue weighted by molar-refractivity contribution is 0.356. The van der Waals surface area contributed by atoms with E-state index in [1.54, 1.807) is 0 Å². The number of rotatable bonds is 3. The molecule has 0 spiro atoms. The summed E-state index contributed by atoms with van der Waals surface area (Å²) in [5.74, 6) is 0.683. The fourth-order valence-corrected chi connectivity index (χ4v) is 3.13. The maximum Gasteiger partial charge on any atom is 0.0455 e. The smallest absolute Gasteiger partial charge is 0.0455 e. The van der Waals surface area contributed by atoms with Crippen molar-refractivity contribution in [1.82, 2.24) is 5.32 Å². The summed E-state index contributed by atoms with van der Waals surface area (Å²) in [5, 5.41) is 4.17. The van der Waals surface area contributed by atoms with Gasteiger partial charge in [-0.3, -0.25) is 0 Å². The van der Waals surface area contributed by atoms with Crippen LogP contribution < -0.4 is 10.2 Å². The summed E-state index contributed by atoms with van der Waals surface area (Å²) in [6.45, 7) is 8.89. The standard InChI is InChI=1S/C15H23ClN2/c1-11-5-6-13(9-14(11)16)18-8-7-12(10-17-4)15(18,2)3/h5-6,9,12,17H,7-8,10H2,1-4H3. The minimum absolute atomic E-state index is 0.182. The van der Waals surface area contributed by atoms with Gasteiger partial charge in [-0.15, -0.1) is 0 Å². The average molecular weight is 267 g/mol. The summed E-state index contributed by atoms with van der Waals surface area (Å²) in [6.07, 6.45) is 1.24. The number of nitrogens with zero attached hydrogens (tertiary/aromatic N) is 1. The molecule has 0 aromatic heterocycles. The van der Waals surface area contributed by atoms with Gasteiger partial charge in [0.25, 0.3) is 0 Å². The highest BCUT2D eigenvalue weighted by molar-refractivity contribution is 6.31. The molecule has 1 N–H and O–H groups in total. The maximum absolute atomic E-state index is 6.24. The lowest BCUT2D eigenvalue weighted by Crippen LogP contribution is -2.45. The van der Waals surface area contributed by atoms with Crippen LogP contribution in [-0.4, -0.2) is 25.7 Å². The van der Waals surface area contributed by atoms with Gasteiger partial charge in [-0.2, -0.15) is 0 Å². The van der Waals surface area contributed by atoms with Crippen molar-refractivity contribution >= 4 is 17.3 Å². The molecule has 1 aromatic rings. The van der Waals surface area contributed by atoms with Gasteiger partial charge in [-0.1, -0.05) is 17.7 Å². The van der Waals surface area contributed by atoms with Gasteiger partial charge in [0.15, 0.2) is 0 Å². The van der Waals surface area contributed by atoms with E-state index < -0.39 is 0 Å². The molecular weight excluding hydrogens is 244 g/mol. The van der Waals surface area contributed by atoms with Crippen LogP contribution in [0.1, 0.15) is 25.8 Å². The van der Waals surface area contributed by atoms with E-state index in [2.05, 4.69) is 42.3 Å². The van der Waals surface area contributed by atoms with Crippen molar-refractivity contribution in [3.63, 3.8) is 0 Å². The first-order valence-electron chi connectivity index (χ1n) is 6.65. The zero-order chi connectivity index (χ0) is 13.3. The Morgan fingerprint density at radius 3 is 2.78 bits per heavy atom. The number of hydrogen-bond donors (Lipinski definition) is 1. The first kappa shape index (κ1) is 13.7. The molecule has 2 nitrogen and oxygen atoms in total. The van der Waals surface area contributed by atoms with Gasteiger partial charge < -0.3 is 10.2 Å². The van der Waals surface area contributed by atoms with Gasteiger partial charge in [0.2, 0.25) is 0 Å². The summed E-state index contributed by atoms with van der Waals surface area (Å²) >= 11 is 6.24. The highest BCUT2D eigenvalue weighted by atomic mass is 35.5. The Hall–Kier alpha value is -0.730. The molecule has 1 aliphatic heterocycles. The Morgan fingerprint density at radius 1 is 1.44 bits per heavy atom. The summed E-state index contributed by atoms with van der Waals surface area (Å²) in [5.41, 5.74) is 2.57. The highest BCUT2D eigenvalue weighted by Gasteiger charge is 2.40. The van der Waals surface area contributed by atoms with E-state index in [9.17, 15) is 0 Å². The predicted octanol–water partition coefficient (Wildman–Crippen LogP) is 3.47. The third kappa shape index (κ3) is 2.36. The predicted molar refractivity (Wildman–Crippen MR) is 79.6 cm³/mol. The Bertz CT molecular complexity index is 429. The Labute approximate surface area is 115 Å². The van der Waals surface area contributed by atoms with E-state index in [4.69, 9.17) is 11.6 Å². The van der Waals surface area contributed by atoms with Gasteiger partial charge in [0, 0.05) is 22.8 Å². The first-order valence-corrected chi connectivity index (χ1v) is 7.03. The zero-order valence-corrected chi connectivity index (χ0v) is 12.5. The van der Waals surface area contributed by atoms with Crippen LogP contribution in [0.25, 0.3) is 0 Å². The van der Waals surface area contributed by atoms with Crippen LogP contribution >= 0.6 is 11.6 Å². The second kappa shape index (κ2) is 5.10. The lowest BCUT2D eigenvalue weighted by Gasteiger charge is -2.38. The second-order valence-corrected chi connectivity index (χ2v) is 6.19. The Kier molecular flexibility index (Phi) is 3.88. The van der Waals surface area contributed by atoms with Crippen LogP contribution in [0.2, 0.25) is 5.02 Å². The quantitative estimate of drug-likeness (QED) is 0.901. The number of halogens is 1. The van der Waals surface area contributed by atoms with Gasteiger partial charge >= 0.3 is 0 Å².